The van der Waals surface area contributed by atoms with Crippen molar-refractivity contribution in [2.24, 2.45) is 5.92 Å². The molecule has 7 heteroatoms. The van der Waals surface area contributed by atoms with E-state index in [1.54, 1.807) is 6.92 Å². The summed E-state index contributed by atoms with van der Waals surface area (Å²) in [4.78, 5) is 36.1. The monoisotopic (exact) mass is 292 g/mol. The lowest BCUT2D eigenvalue weighted by Crippen LogP contribution is -2.27. The topological polar surface area (TPSA) is 110 Å². The van der Waals surface area contributed by atoms with Gasteiger partial charge in [0.15, 0.2) is 0 Å². The van der Waals surface area contributed by atoms with Gasteiger partial charge in [-0.25, -0.2) is 4.79 Å². The van der Waals surface area contributed by atoms with Crippen molar-refractivity contribution in [3.8, 4) is 0 Å². The number of hydrogen-bond acceptors (Lipinski definition) is 5. The number of anilines is 2. The number of hydrogen-bond donors (Lipinski definition) is 2. The Morgan fingerprint density at radius 1 is 1.43 bits per heavy atom. The van der Waals surface area contributed by atoms with E-state index in [0.29, 0.717) is 16.9 Å². The predicted octanol–water partition coefficient (Wildman–Crippen LogP) is 0.801. The molecule has 2 rings (SSSR count). The Kier molecular flexibility index (Phi) is 3.84. The fourth-order valence-corrected chi connectivity index (χ4v) is 2.39. The zero-order valence-electron chi connectivity index (χ0n) is 11.8. The van der Waals surface area contributed by atoms with Gasteiger partial charge in [0, 0.05) is 24.3 Å². The van der Waals surface area contributed by atoms with Crippen molar-refractivity contribution in [2.75, 3.05) is 24.3 Å². The summed E-state index contributed by atoms with van der Waals surface area (Å²) in [5.74, 6) is -2.38. The number of carboxylic acids is 1. The Balaban J connectivity index is 2.40. The van der Waals surface area contributed by atoms with E-state index >= 15 is 0 Å². The summed E-state index contributed by atoms with van der Waals surface area (Å²) in [5, 5.41) is 9.08. The van der Waals surface area contributed by atoms with Crippen molar-refractivity contribution in [3.05, 3.63) is 23.3 Å². The molecule has 1 fully saturated rings. The molecule has 0 bridgehead atoms. The van der Waals surface area contributed by atoms with E-state index in [2.05, 4.69) is 4.74 Å². The molecule has 112 valence electrons. The highest BCUT2D eigenvalue weighted by Gasteiger charge is 2.36. The number of nitrogens with two attached hydrogens (primary N) is 1. The van der Waals surface area contributed by atoms with E-state index in [-0.39, 0.29) is 24.4 Å². The molecule has 1 amide bonds. The minimum absolute atomic E-state index is 0.00224. The van der Waals surface area contributed by atoms with Crippen LogP contribution in [0, 0.1) is 12.8 Å². The van der Waals surface area contributed by atoms with E-state index in [1.807, 2.05) is 0 Å². The maximum atomic E-state index is 12.1. The zero-order valence-corrected chi connectivity index (χ0v) is 11.8. The second-order valence-corrected chi connectivity index (χ2v) is 4.94. The second-order valence-electron chi connectivity index (χ2n) is 4.94. The molecule has 21 heavy (non-hydrogen) atoms. The van der Waals surface area contributed by atoms with Crippen LogP contribution < -0.4 is 10.6 Å². The molecule has 1 aromatic rings. The molecule has 1 heterocycles. The molecule has 1 saturated heterocycles. The van der Waals surface area contributed by atoms with Gasteiger partial charge in [0.25, 0.3) is 0 Å². The van der Waals surface area contributed by atoms with Crippen molar-refractivity contribution >= 4 is 29.2 Å². The summed E-state index contributed by atoms with van der Waals surface area (Å²) in [5.41, 5.74) is 7.12. The van der Waals surface area contributed by atoms with Crippen LogP contribution in [0.25, 0.3) is 0 Å². The first-order valence-electron chi connectivity index (χ1n) is 6.36. The summed E-state index contributed by atoms with van der Waals surface area (Å²) < 4.78 is 4.65. The lowest BCUT2D eigenvalue weighted by atomic mass is 10.1. The summed E-state index contributed by atoms with van der Waals surface area (Å²) in [7, 11) is 1.27. The highest BCUT2D eigenvalue weighted by atomic mass is 16.5. The lowest BCUT2D eigenvalue weighted by Gasteiger charge is -2.20. The fraction of sp³-hybridized carbons (Fsp3) is 0.357. The summed E-state index contributed by atoms with van der Waals surface area (Å²) in [6, 6.07) is 2.74. The molecule has 7 nitrogen and oxygen atoms in total. The van der Waals surface area contributed by atoms with Gasteiger partial charge in [-0.05, 0) is 24.6 Å². The lowest BCUT2D eigenvalue weighted by molar-refractivity contribution is -0.145. The molecule has 0 aliphatic carbocycles. The van der Waals surface area contributed by atoms with E-state index in [9.17, 15) is 14.4 Å². The van der Waals surface area contributed by atoms with E-state index in [0.717, 1.165) is 0 Å². The average Bonchev–Trinajstić information content (AvgIpc) is 2.82. The molecular formula is C14H16N2O5. The summed E-state index contributed by atoms with van der Waals surface area (Å²) >= 11 is 0. The SMILES string of the molecule is COC(=O)C1CC(=O)N(c2cc(C(=O)O)cc(N)c2C)C1. The number of methoxy groups -OCH3 is 1. The molecule has 1 atom stereocenters. The van der Waals surface area contributed by atoms with Gasteiger partial charge in [0.2, 0.25) is 5.91 Å². The van der Waals surface area contributed by atoms with Crippen LogP contribution in [0.4, 0.5) is 11.4 Å². The summed E-state index contributed by atoms with van der Waals surface area (Å²) in [6.45, 7) is 1.86. The largest absolute Gasteiger partial charge is 0.478 e. The minimum atomic E-state index is -1.13. The molecular weight excluding hydrogens is 276 g/mol. The highest BCUT2D eigenvalue weighted by Crippen LogP contribution is 2.32. The Hall–Kier alpha value is -2.57. The number of ether oxygens (including phenoxy) is 1. The van der Waals surface area contributed by atoms with E-state index in [4.69, 9.17) is 10.8 Å². The number of nitrogens with zero attached hydrogens (tertiary/aromatic N) is 1. The average molecular weight is 292 g/mol. The molecule has 1 unspecified atom stereocenters. The van der Waals surface area contributed by atoms with E-state index in [1.165, 1.54) is 24.1 Å². The molecule has 1 aliphatic rings. The van der Waals surface area contributed by atoms with Crippen LogP contribution in [-0.4, -0.2) is 36.6 Å². The van der Waals surface area contributed by atoms with Gasteiger partial charge in [-0.2, -0.15) is 0 Å². The number of carbonyl (C=O) groups is 3. The third-order valence-electron chi connectivity index (χ3n) is 3.62. The first-order chi connectivity index (χ1) is 9.85. The number of carbonyl (C=O) groups excluding carboxylic acids is 2. The minimum Gasteiger partial charge on any atom is -0.478 e. The Morgan fingerprint density at radius 3 is 2.67 bits per heavy atom. The normalized spacial score (nSPS) is 17.9. The molecule has 0 radical (unpaired) electrons. The van der Waals surface area contributed by atoms with Crippen LogP contribution in [0.1, 0.15) is 22.3 Å². The molecule has 1 aliphatic heterocycles. The van der Waals surface area contributed by atoms with Crippen molar-refractivity contribution < 1.29 is 24.2 Å². The van der Waals surface area contributed by atoms with Crippen LogP contribution in [0.15, 0.2) is 12.1 Å². The molecule has 0 spiro atoms. The Morgan fingerprint density at radius 2 is 2.10 bits per heavy atom. The molecule has 3 N–H and O–H groups in total. The standard InChI is InChI=1S/C14H16N2O5/c1-7-10(15)3-8(13(18)19)4-11(7)16-6-9(5-12(16)17)14(20)21-2/h3-4,9H,5-6,15H2,1-2H3,(H,18,19). The van der Waals surface area contributed by atoms with Gasteiger partial charge in [0.1, 0.15) is 0 Å². The Labute approximate surface area is 121 Å². The quantitative estimate of drug-likeness (QED) is 0.630. The van der Waals surface area contributed by atoms with Crippen LogP contribution in [-0.2, 0) is 14.3 Å². The number of aromatic carboxylic acids is 1. The molecule has 1 aromatic carbocycles. The van der Waals surface area contributed by atoms with Crippen LogP contribution >= 0.6 is 0 Å². The Bertz CT molecular complexity index is 626. The van der Waals surface area contributed by atoms with Gasteiger partial charge >= 0.3 is 11.9 Å². The van der Waals surface area contributed by atoms with Crippen LogP contribution in [0.3, 0.4) is 0 Å². The van der Waals surface area contributed by atoms with Gasteiger partial charge < -0.3 is 20.5 Å². The molecule has 0 aromatic heterocycles. The van der Waals surface area contributed by atoms with Crippen molar-refractivity contribution in [3.63, 3.8) is 0 Å². The number of rotatable bonds is 3. The number of nitrogen functional groups attached to an aromatic ring is 1. The first kappa shape index (κ1) is 14.8. The maximum absolute atomic E-state index is 12.1. The van der Waals surface area contributed by atoms with Crippen LogP contribution in [0.2, 0.25) is 0 Å². The first-order valence-corrected chi connectivity index (χ1v) is 6.36. The number of esters is 1. The van der Waals surface area contributed by atoms with Gasteiger partial charge in [-0.3, -0.25) is 9.59 Å². The smallest absolute Gasteiger partial charge is 0.335 e. The highest BCUT2D eigenvalue weighted by molar-refractivity contribution is 6.02. The summed E-state index contributed by atoms with van der Waals surface area (Å²) in [6.07, 6.45) is 0.0450. The van der Waals surface area contributed by atoms with E-state index < -0.39 is 17.9 Å². The van der Waals surface area contributed by atoms with Crippen molar-refractivity contribution in [1.29, 1.82) is 0 Å². The number of benzene rings is 1. The number of amides is 1. The second kappa shape index (κ2) is 5.43. The molecule has 0 saturated carbocycles. The maximum Gasteiger partial charge on any atom is 0.335 e. The van der Waals surface area contributed by atoms with Crippen LogP contribution in [0.5, 0.6) is 0 Å². The third kappa shape index (κ3) is 2.67. The number of carboxylic acid groups (broad SMARTS) is 1. The fourth-order valence-electron chi connectivity index (χ4n) is 2.39. The van der Waals surface area contributed by atoms with Gasteiger partial charge in [-0.1, -0.05) is 0 Å². The predicted molar refractivity (Wildman–Crippen MR) is 75.0 cm³/mol. The third-order valence-corrected chi connectivity index (χ3v) is 3.62. The van der Waals surface area contributed by atoms with Gasteiger partial charge in [0.05, 0.1) is 18.6 Å². The van der Waals surface area contributed by atoms with Gasteiger partial charge in [-0.15, -0.1) is 0 Å². The van der Waals surface area contributed by atoms with Crippen molar-refractivity contribution in [2.45, 2.75) is 13.3 Å². The van der Waals surface area contributed by atoms with Crippen molar-refractivity contribution in [1.82, 2.24) is 0 Å². The zero-order chi connectivity index (χ0) is 15.7.